The largest absolute Gasteiger partial charge is 0.333 e. The van der Waals surface area contributed by atoms with Crippen LogP contribution in [0.1, 0.15) is 19.7 Å². The molecule has 1 aliphatic heterocycles. The van der Waals surface area contributed by atoms with E-state index in [1.807, 2.05) is 24.9 Å². The molecule has 2 rings (SSSR count). The van der Waals surface area contributed by atoms with E-state index >= 15 is 0 Å². The van der Waals surface area contributed by atoms with Crippen molar-refractivity contribution >= 4 is 17.5 Å². The SMILES string of the molecule is CC(C)(CCl)C(=O)N1CCn2ccnc2C1. The van der Waals surface area contributed by atoms with Crippen molar-refractivity contribution in [2.45, 2.75) is 26.9 Å². The molecule has 0 saturated carbocycles. The summed E-state index contributed by atoms with van der Waals surface area (Å²) in [6.45, 7) is 5.90. The summed E-state index contributed by atoms with van der Waals surface area (Å²) in [6, 6.07) is 0. The lowest BCUT2D eigenvalue weighted by molar-refractivity contribution is -0.140. The quantitative estimate of drug-likeness (QED) is 0.736. The van der Waals surface area contributed by atoms with E-state index in [1.165, 1.54) is 0 Å². The summed E-state index contributed by atoms with van der Waals surface area (Å²) in [5.41, 5.74) is -0.490. The van der Waals surface area contributed by atoms with Crippen molar-refractivity contribution in [2.75, 3.05) is 12.4 Å². The smallest absolute Gasteiger partial charge is 0.229 e. The zero-order valence-corrected chi connectivity index (χ0v) is 10.4. The first-order valence-electron chi connectivity index (χ1n) is 5.40. The Kier molecular flexibility index (Phi) is 2.93. The second-order valence-corrected chi connectivity index (χ2v) is 5.05. The van der Waals surface area contributed by atoms with Crippen LogP contribution in [-0.4, -0.2) is 32.8 Å². The van der Waals surface area contributed by atoms with Crippen molar-refractivity contribution in [2.24, 2.45) is 5.41 Å². The Morgan fingerprint density at radius 1 is 1.56 bits per heavy atom. The third-order valence-electron chi connectivity index (χ3n) is 2.95. The first-order valence-corrected chi connectivity index (χ1v) is 5.93. The molecule has 0 atom stereocenters. The standard InChI is InChI=1S/C11H16ClN3O/c1-11(2,8-12)10(16)15-6-5-14-4-3-13-9(14)7-15/h3-4H,5-8H2,1-2H3. The van der Waals surface area contributed by atoms with Gasteiger partial charge in [0.25, 0.3) is 0 Å². The molecular weight excluding hydrogens is 226 g/mol. The van der Waals surface area contributed by atoms with E-state index in [1.54, 1.807) is 6.20 Å². The van der Waals surface area contributed by atoms with Crippen LogP contribution in [0.2, 0.25) is 0 Å². The molecular formula is C11H16ClN3O. The van der Waals surface area contributed by atoms with Crippen LogP contribution in [0.5, 0.6) is 0 Å². The van der Waals surface area contributed by atoms with Gasteiger partial charge in [-0.05, 0) is 13.8 Å². The molecule has 88 valence electrons. The van der Waals surface area contributed by atoms with Crippen LogP contribution in [-0.2, 0) is 17.9 Å². The number of rotatable bonds is 2. The molecule has 1 aliphatic rings. The minimum absolute atomic E-state index is 0.108. The topological polar surface area (TPSA) is 38.1 Å². The Balaban J connectivity index is 2.12. The summed E-state index contributed by atoms with van der Waals surface area (Å²) < 4.78 is 2.08. The Bertz CT molecular complexity index is 400. The monoisotopic (exact) mass is 241 g/mol. The average molecular weight is 242 g/mol. The van der Waals surface area contributed by atoms with Crippen molar-refractivity contribution < 1.29 is 4.79 Å². The van der Waals surface area contributed by atoms with E-state index < -0.39 is 5.41 Å². The molecule has 0 spiro atoms. The van der Waals surface area contributed by atoms with Crippen molar-refractivity contribution in [3.63, 3.8) is 0 Å². The third-order valence-corrected chi connectivity index (χ3v) is 3.61. The van der Waals surface area contributed by atoms with E-state index in [2.05, 4.69) is 9.55 Å². The van der Waals surface area contributed by atoms with Crippen LogP contribution in [0.4, 0.5) is 0 Å². The molecule has 1 aromatic heterocycles. The molecule has 0 aromatic carbocycles. The van der Waals surface area contributed by atoms with E-state index in [0.717, 1.165) is 18.9 Å². The highest BCUT2D eigenvalue weighted by Gasteiger charge is 2.33. The van der Waals surface area contributed by atoms with Crippen LogP contribution >= 0.6 is 11.6 Å². The van der Waals surface area contributed by atoms with Crippen LogP contribution in [0, 0.1) is 5.41 Å². The van der Waals surface area contributed by atoms with Gasteiger partial charge in [-0.15, -0.1) is 11.6 Å². The molecule has 1 amide bonds. The zero-order valence-electron chi connectivity index (χ0n) is 9.61. The number of amides is 1. The number of fused-ring (bicyclic) bond motifs is 1. The third kappa shape index (κ3) is 1.94. The Hall–Kier alpha value is -1.03. The van der Waals surface area contributed by atoms with Crippen molar-refractivity contribution in [1.82, 2.24) is 14.5 Å². The van der Waals surface area contributed by atoms with Gasteiger partial charge in [-0.1, -0.05) is 0 Å². The van der Waals surface area contributed by atoms with Crippen LogP contribution < -0.4 is 0 Å². The highest BCUT2D eigenvalue weighted by Crippen LogP contribution is 2.23. The van der Waals surface area contributed by atoms with Gasteiger partial charge >= 0.3 is 0 Å². The summed E-state index contributed by atoms with van der Waals surface area (Å²) in [5.74, 6) is 1.40. The molecule has 1 aromatic rings. The Morgan fingerprint density at radius 3 is 3.00 bits per heavy atom. The van der Waals surface area contributed by atoms with Gasteiger partial charge in [0.1, 0.15) is 5.82 Å². The number of aromatic nitrogens is 2. The Labute approximate surface area is 100 Å². The number of hydrogen-bond acceptors (Lipinski definition) is 2. The number of hydrogen-bond donors (Lipinski definition) is 0. The number of imidazole rings is 1. The van der Waals surface area contributed by atoms with Crippen molar-refractivity contribution in [3.8, 4) is 0 Å². The maximum absolute atomic E-state index is 12.2. The molecule has 0 aliphatic carbocycles. The lowest BCUT2D eigenvalue weighted by atomic mass is 9.94. The van der Waals surface area contributed by atoms with Crippen molar-refractivity contribution in [3.05, 3.63) is 18.2 Å². The van der Waals surface area contributed by atoms with Gasteiger partial charge in [0, 0.05) is 31.4 Å². The fraction of sp³-hybridized carbons (Fsp3) is 0.636. The Morgan fingerprint density at radius 2 is 2.31 bits per heavy atom. The average Bonchev–Trinajstić information content (AvgIpc) is 2.74. The molecule has 0 fully saturated rings. The minimum Gasteiger partial charge on any atom is -0.333 e. The first kappa shape index (κ1) is 11.5. The van der Waals surface area contributed by atoms with E-state index in [4.69, 9.17) is 11.6 Å². The number of nitrogens with zero attached hydrogens (tertiary/aromatic N) is 3. The van der Waals surface area contributed by atoms with Gasteiger partial charge in [-0.2, -0.15) is 0 Å². The number of alkyl halides is 1. The van der Waals surface area contributed by atoms with Gasteiger partial charge in [-0.25, -0.2) is 4.98 Å². The summed E-state index contributed by atoms with van der Waals surface area (Å²) in [4.78, 5) is 18.3. The molecule has 0 bridgehead atoms. The molecule has 0 N–H and O–H groups in total. The van der Waals surface area contributed by atoms with E-state index in [9.17, 15) is 4.79 Å². The number of carbonyl (C=O) groups is 1. The summed E-state index contributed by atoms with van der Waals surface area (Å²) in [5, 5.41) is 0. The molecule has 0 unspecified atom stereocenters. The molecule has 5 heteroatoms. The molecule has 0 radical (unpaired) electrons. The summed E-state index contributed by atoms with van der Waals surface area (Å²) >= 11 is 5.82. The van der Waals surface area contributed by atoms with Gasteiger partial charge in [0.15, 0.2) is 0 Å². The maximum atomic E-state index is 12.2. The van der Waals surface area contributed by atoms with Crippen LogP contribution in [0.15, 0.2) is 12.4 Å². The van der Waals surface area contributed by atoms with Gasteiger partial charge < -0.3 is 9.47 Å². The van der Waals surface area contributed by atoms with Gasteiger partial charge in [0.2, 0.25) is 5.91 Å². The molecule has 2 heterocycles. The van der Waals surface area contributed by atoms with Crippen LogP contribution in [0.25, 0.3) is 0 Å². The van der Waals surface area contributed by atoms with Gasteiger partial charge in [0.05, 0.1) is 12.0 Å². The number of carbonyl (C=O) groups excluding carboxylic acids is 1. The van der Waals surface area contributed by atoms with E-state index in [0.29, 0.717) is 12.4 Å². The highest BCUT2D eigenvalue weighted by molar-refractivity contribution is 6.19. The highest BCUT2D eigenvalue weighted by atomic mass is 35.5. The normalized spacial score (nSPS) is 16.1. The lowest BCUT2D eigenvalue weighted by Crippen LogP contribution is -2.45. The zero-order chi connectivity index (χ0) is 11.8. The predicted octanol–water partition coefficient (Wildman–Crippen LogP) is 1.49. The number of halogens is 1. The second kappa shape index (κ2) is 4.09. The summed E-state index contributed by atoms with van der Waals surface area (Å²) in [7, 11) is 0. The molecule has 16 heavy (non-hydrogen) atoms. The maximum Gasteiger partial charge on any atom is 0.229 e. The van der Waals surface area contributed by atoms with E-state index in [-0.39, 0.29) is 5.91 Å². The molecule has 0 saturated heterocycles. The van der Waals surface area contributed by atoms with Crippen molar-refractivity contribution in [1.29, 1.82) is 0 Å². The van der Waals surface area contributed by atoms with Gasteiger partial charge in [-0.3, -0.25) is 4.79 Å². The van der Waals surface area contributed by atoms with Crippen LogP contribution in [0.3, 0.4) is 0 Å². The fourth-order valence-corrected chi connectivity index (χ4v) is 1.95. The fourth-order valence-electron chi connectivity index (χ4n) is 1.83. The molecule has 4 nitrogen and oxygen atoms in total. The lowest BCUT2D eigenvalue weighted by Gasteiger charge is -2.33. The summed E-state index contributed by atoms with van der Waals surface area (Å²) in [6.07, 6.45) is 3.72. The predicted molar refractivity (Wildman–Crippen MR) is 62.1 cm³/mol. The first-order chi connectivity index (χ1) is 7.54. The second-order valence-electron chi connectivity index (χ2n) is 4.78. The minimum atomic E-state index is -0.490.